The van der Waals surface area contributed by atoms with Crippen LogP contribution in [0.25, 0.3) is 0 Å². The maximum Gasteiger partial charge on any atom is 0.0695 e. The minimum absolute atomic E-state index is 0.131. The molecule has 0 aliphatic heterocycles. The SMILES string of the molecule is CN(CCc1ccccc1)CC(O)C1CCCC1. The Balaban J connectivity index is 1.70. The van der Waals surface area contributed by atoms with Gasteiger partial charge in [0.25, 0.3) is 0 Å². The summed E-state index contributed by atoms with van der Waals surface area (Å²) in [6, 6.07) is 10.6. The lowest BCUT2D eigenvalue weighted by molar-refractivity contribution is 0.0750. The highest BCUT2D eigenvalue weighted by molar-refractivity contribution is 5.14. The number of rotatable bonds is 6. The van der Waals surface area contributed by atoms with Crippen LogP contribution in [0.5, 0.6) is 0 Å². The molecule has 0 aromatic heterocycles. The van der Waals surface area contributed by atoms with Crippen LogP contribution < -0.4 is 0 Å². The van der Waals surface area contributed by atoms with Crippen molar-refractivity contribution < 1.29 is 5.11 Å². The summed E-state index contributed by atoms with van der Waals surface area (Å²) in [7, 11) is 2.11. The van der Waals surface area contributed by atoms with Gasteiger partial charge in [0.2, 0.25) is 0 Å². The van der Waals surface area contributed by atoms with Gasteiger partial charge in [-0.2, -0.15) is 0 Å². The van der Waals surface area contributed by atoms with E-state index in [1.165, 1.54) is 31.2 Å². The van der Waals surface area contributed by atoms with Crippen molar-refractivity contribution >= 4 is 0 Å². The van der Waals surface area contributed by atoms with E-state index in [4.69, 9.17) is 0 Å². The van der Waals surface area contributed by atoms with Crippen molar-refractivity contribution in [2.24, 2.45) is 5.92 Å². The zero-order chi connectivity index (χ0) is 12.8. The third kappa shape index (κ3) is 4.11. The first kappa shape index (κ1) is 13.6. The number of benzene rings is 1. The van der Waals surface area contributed by atoms with E-state index in [0.29, 0.717) is 5.92 Å². The average molecular weight is 247 g/mol. The minimum atomic E-state index is -0.131. The number of likely N-dealkylation sites (N-methyl/N-ethyl adjacent to an activating group) is 1. The fourth-order valence-corrected chi connectivity index (χ4v) is 2.87. The molecule has 0 heterocycles. The van der Waals surface area contributed by atoms with Gasteiger partial charge in [0.15, 0.2) is 0 Å². The second-order valence-electron chi connectivity index (χ2n) is 5.61. The van der Waals surface area contributed by atoms with Crippen molar-refractivity contribution in [1.82, 2.24) is 4.90 Å². The molecule has 1 aliphatic carbocycles. The van der Waals surface area contributed by atoms with E-state index in [9.17, 15) is 5.11 Å². The monoisotopic (exact) mass is 247 g/mol. The summed E-state index contributed by atoms with van der Waals surface area (Å²) in [5.74, 6) is 0.546. The summed E-state index contributed by atoms with van der Waals surface area (Å²) in [6.07, 6.45) is 5.97. The third-order valence-corrected chi connectivity index (χ3v) is 4.07. The Bertz CT molecular complexity index is 332. The minimum Gasteiger partial charge on any atom is -0.392 e. The second kappa shape index (κ2) is 6.91. The average Bonchev–Trinajstić information content (AvgIpc) is 2.91. The number of aliphatic hydroxyl groups excluding tert-OH is 1. The summed E-state index contributed by atoms with van der Waals surface area (Å²) < 4.78 is 0. The van der Waals surface area contributed by atoms with Gasteiger partial charge in [-0.15, -0.1) is 0 Å². The molecule has 1 aromatic carbocycles. The normalized spacial score (nSPS) is 18.4. The summed E-state index contributed by atoms with van der Waals surface area (Å²) in [6.45, 7) is 1.84. The molecular formula is C16H25NO. The van der Waals surface area contributed by atoms with Gasteiger partial charge in [-0.05, 0) is 37.8 Å². The van der Waals surface area contributed by atoms with Gasteiger partial charge in [-0.1, -0.05) is 43.2 Å². The molecule has 0 spiro atoms. The molecule has 1 unspecified atom stereocenters. The first-order valence-electron chi connectivity index (χ1n) is 7.16. The Hall–Kier alpha value is -0.860. The topological polar surface area (TPSA) is 23.5 Å². The Morgan fingerprint density at radius 2 is 1.89 bits per heavy atom. The van der Waals surface area contributed by atoms with Crippen LogP contribution in [-0.4, -0.2) is 36.2 Å². The second-order valence-corrected chi connectivity index (χ2v) is 5.61. The summed E-state index contributed by atoms with van der Waals surface area (Å²) >= 11 is 0. The van der Waals surface area contributed by atoms with E-state index in [1.54, 1.807) is 0 Å². The molecule has 0 amide bonds. The van der Waals surface area contributed by atoms with Crippen molar-refractivity contribution in [3.05, 3.63) is 35.9 Å². The molecule has 1 fully saturated rings. The van der Waals surface area contributed by atoms with E-state index >= 15 is 0 Å². The molecule has 2 heteroatoms. The molecule has 1 saturated carbocycles. The van der Waals surface area contributed by atoms with E-state index in [2.05, 4.69) is 42.3 Å². The predicted molar refractivity (Wildman–Crippen MR) is 75.6 cm³/mol. The van der Waals surface area contributed by atoms with Crippen LogP contribution in [0.4, 0.5) is 0 Å². The lowest BCUT2D eigenvalue weighted by atomic mass is 10.0. The third-order valence-electron chi connectivity index (χ3n) is 4.07. The highest BCUT2D eigenvalue weighted by Gasteiger charge is 2.23. The highest BCUT2D eigenvalue weighted by atomic mass is 16.3. The van der Waals surface area contributed by atoms with Crippen LogP contribution in [0.2, 0.25) is 0 Å². The summed E-state index contributed by atoms with van der Waals surface area (Å²) in [4.78, 5) is 2.26. The lowest BCUT2D eigenvalue weighted by Crippen LogP contribution is -2.34. The van der Waals surface area contributed by atoms with Crippen molar-refractivity contribution in [3.8, 4) is 0 Å². The largest absolute Gasteiger partial charge is 0.392 e. The molecule has 0 radical (unpaired) electrons. The van der Waals surface area contributed by atoms with Crippen LogP contribution in [0.1, 0.15) is 31.2 Å². The van der Waals surface area contributed by atoms with E-state index in [-0.39, 0.29) is 6.10 Å². The quantitative estimate of drug-likeness (QED) is 0.835. The molecule has 2 rings (SSSR count). The maximum atomic E-state index is 10.2. The Morgan fingerprint density at radius 1 is 1.22 bits per heavy atom. The molecule has 1 aromatic rings. The Morgan fingerprint density at radius 3 is 2.56 bits per heavy atom. The predicted octanol–water partition coefficient (Wildman–Crippen LogP) is 2.71. The van der Waals surface area contributed by atoms with Gasteiger partial charge >= 0.3 is 0 Å². The first-order valence-corrected chi connectivity index (χ1v) is 7.16. The lowest BCUT2D eigenvalue weighted by Gasteiger charge is -2.24. The van der Waals surface area contributed by atoms with Crippen LogP contribution >= 0.6 is 0 Å². The van der Waals surface area contributed by atoms with Gasteiger partial charge in [0.1, 0.15) is 0 Å². The zero-order valence-electron chi connectivity index (χ0n) is 11.4. The molecule has 2 nitrogen and oxygen atoms in total. The van der Waals surface area contributed by atoms with Gasteiger partial charge in [-0.3, -0.25) is 0 Å². The molecule has 1 atom stereocenters. The molecule has 1 N–H and O–H groups in total. The van der Waals surface area contributed by atoms with Gasteiger partial charge < -0.3 is 10.0 Å². The molecule has 100 valence electrons. The van der Waals surface area contributed by atoms with Gasteiger partial charge in [0, 0.05) is 13.1 Å². The van der Waals surface area contributed by atoms with E-state index in [1.807, 2.05) is 0 Å². The summed E-state index contributed by atoms with van der Waals surface area (Å²) in [5.41, 5.74) is 1.37. The van der Waals surface area contributed by atoms with Crippen molar-refractivity contribution in [3.63, 3.8) is 0 Å². The maximum absolute atomic E-state index is 10.2. The number of aliphatic hydroxyl groups is 1. The van der Waals surface area contributed by atoms with Crippen molar-refractivity contribution in [1.29, 1.82) is 0 Å². The van der Waals surface area contributed by atoms with Crippen molar-refractivity contribution in [2.75, 3.05) is 20.1 Å². The molecule has 1 aliphatic rings. The highest BCUT2D eigenvalue weighted by Crippen LogP contribution is 2.27. The van der Waals surface area contributed by atoms with Crippen LogP contribution in [0, 0.1) is 5.92 Å². The fourth-order valence-electron chi connectivity index (χ4n) is 2.87. The molecule has 18 heavy (non-hydrogen) atoms. The van der Waals surface area contributed by atoms with Gasteiger partial charge in [0.05, 0.1) is 6.10 Å². The van der Waals surface area contributed by atoms with Crippen LogP contribution in [0.3, 0.4) is 0 Å². The Labute approximate surface area is 111 Å². The van der Waals surface area contributed by atoms with E-state index in [0.717, 1.165) is 19.5 Å². The molecule has 0 saturated heterocycles. The van der Waals surface area contributed by atoms with Crippen LogP contribution in [-0.2, 0) is 6.42 Å². The smallest absolute Gasteiger partial charge is 0.0695 e. The standard InChI is InChI=1S/C16H25NO/c1-17(12-11-14-7-3-2-4-8-14)13-16(18)15-9-5-6-10-15/h2-4,7-8,15-16,18H,5-6,9-13H2,1H3. The van der Waals surface area contributed by atoms with E-state index < -0.39 is 0 Å². The number of hydrogen-bond acceptors (Lipinski definition) is 2. The number of hydrogen-bond donors (Lipinski definition) is 1. The van der Waals surface area contributed by atoms with Crippen LogP contribution in [0.15, 0.2) is 30.3 Å². The first-order chi connectivity index (χ1) is 8.75. The zero-order valence-corrected chi connectivity index (χ0v) is 11.4. The van der Waals surface area contributed by atoms with Crippen molar-refractivity contribution in [2.45, 2.75) is 38.2 Å². The molecule has 0 bridgehead atoms. The number of nitrogens with zero attached hydrogens (tertiary/aromatic N) is 1. The fraction of sp³-hybridized carbons (Fsp3) is 0.625. The summed E-state index contributed by atoms with van der Waals surface area (Å²) in [5, 5.41) is 10.2. The Kier molecular flexibility index (Phi) is 5.21. The van der Waals surface area contributed by atoms with Gasteiger partial charge in [-0.25, -0.2) is 0 Å². The molecular weight excluding hydrogens is 222 g/mol.